The van der Waals surface area contributed by atoms with Crippen LogP contribution in [0.4, 0.5) is 0 Å². The summed E-state index contributed by atoms with van der Waals surface area (Å²) in [5, 5.41) is 144. The Morgan fingerprint density at radius 3 is 1.85 bits per heavy atom. The number of carboxylic acid groups (broad SMARTS) is 2. The van der Waals surface area contributed by atoms with Gasteiger partial charge in [0, 0.05) is 60.1 Å². The molecular weight excluding hydrogens is 1610 g/mol. The Balaban J connectivity index is 1.03. The predicted octanol–water partition coefficient (Wildman–Crippen LogP) is 5.72. The molecule has 0 radical (unpaired) electrons. The van der Waals surface area contributed by atoms with Crippen molar-refractivity contribution in [2.45, 2.75) is 182 Å². The average molecular weight is 1700 g/mol. The Morgan fingerprint density at radius 1 is 0.542 bits per heavy atom. The zero-order valence-corrected chi connectivity index (χ0v) is 66.0. The molecule has 17 bridgehead atoms. The predicted molar refractivity (Wildman–Crippen MR) is 421 cm³/mol. The minimum absolute atomic E-state index is 0.104. The summed E-state index contributed by atoms with van der Waals surface area (Å²) >= 11 is 14.2. The number of likely N-dealkylation sites (N-methyl/N-ethyl adjacent to an activating group) is 1. The number of halogens is 2. The third-order valence-corrected chi connectivity index (χ3v) is 22.1. The van der Waals surface area contributed by atoms with E-state index in [4.69, 9.17) is 56.4 Å². The first-order valence-corrected chi connectivity index (χ1v) is 39.4. The van der Waals surface area contributed by atoms with Crippen LogP contribution in [0, 0.1) is 5.92 Å². The second-order valence-electron chi connectivity index (χ2n) is 30.4. The van der Waals surface area contributed by atoms with Gasteiger partial charge in [-0.15, -0.1) is 0 Å². The van der Waals surface area contributed by atoms with Crippen LogP contribution in [0.25, 0.3) is 11.1 Å². The lowest BCUT2D eigenvalue weighted by atomic mass is 9.89. The summed E-state index contributed by atoms with van der Waals surface area (Å²) in [4.78, 5) is 135. The van der Waals surface area contributed by atoms with Crippen molar-refractivity contribution in [1.29, 1.82) is 0 Å². The third kappa shape index (κ3) is 19.1. The van der Waals surface area contributed by atoms with E-state index in [0.717, 1.165) is 86.7 Å². The fourth-order valence-corrected chi connectivity index (χ4v) is 15.6. The maximum atomic E-state index is 16.6. The van der Waals surface area contributed by atoms with Gasteiger partial charge in [-0.25, -0.2) is 9.59 Å². The van der Waals surface area contributed by atoms with Gasteiger partial charge >= 0.3 is 11.9 Å². The molecule has 0 aliphatic carbocycles. The number of fused-ring (bicyclic) bond motifs is 14. The number of hydrogen-bond donors (Lipinski definition) is 19. The Bertz CT molecular complexity index is 5120. The fraction of sp³-hybridized carbons (Fsp3) is 0.386. The van der Waals surface area contributed by atoms with Crippen LogP contribution in [0.1, 0.15) is 141 Å². The number of ether oxygens (including phenoxy) is 7. The molecule has 37 heteroatoms. The number of nitrogens with one attached hydrogen (secondary N) is 8. The lowest BCUT2D eigenvalue weighted by Gasteiger charge is -2.41. The quantitative estimate of drug-likeness (QED) is 0.0456. The number of benzene rings is 7. The van der Waals surface area contributed by atoms with Crippen LogP contribution in [-0.4, -0.2) is 190 Å². The Labute approximate surface area is 694 Å². The summed E-state index contributed by atoms with van der Waals surface area (Å²) in [6.45, 7) is 3.48. The van der Waals surface area contributed by atoms with E-state index in [1.165, 1.54) is 67.7 Å². The average Bonchev–Trinajstić information content (AvgIpc) is 0.767. The first kappa shape index (κ1) is 86.1. The molecule has 7 aromatic carbocycles. The summed E-state index contributed by atoms with van der Waals surface area (Å²) in [5.41, 5.74) is -2.15. The number of amides is 7. The normalized spacial score (nSPS) is 25.5. The Hall–Kier alpha value is -11.8. The minimum atomic E-state index is -2.39. The van der Waals surface area contributed by atoms with Gasteiger partial charge in [-0.2, -0.15) is 0 Å². The van der Waals surface area contributed by atoms with Gasteiger partial charge in [-0.3, -0.25) is 33.6 Å². The van der Waals surface area contributed by atoms with E-state index in [2.05, 4.69) is 56.4 Å². The number of aliphatic carboxylic acids is 2. The largest absolute Gasteiger partial charge is 0.508 e. The molecule has 16 atom stereocenters. The number of rotatable bonds is 18. The van der Waals surface area contributed by atoms with Crippen molar-refractivity contribution in [3.63, 3.8) is 0 Å². The van der Waals surface area contributed by atoms with Crippen LogP contribution < -0.4 is 66.2 Å². The highest BCUT2D eigenvalue weighted by atomic mass is 35.5. The van der Waals surface area contributed by atoms with Crippen molar-refractivity contribution in [2.75, 3.05) is 13.7 Å². The number of aromatic hydroxyl groups is 4. The summed E-state index contributed by atoms with van der Waals surface area (Å²) in [7, 11) is 1.43. The number of carboxylic acids is 2. The molecule has 120 heavy (non-hydrogen) atoms. The fourth-order valence-electron chi connectivity index (χ4n) is 15.1. The van der Waals surface area contributed by atoms with Gasteiger partial charge in [0.2, 0.25) is 59.7 Å². The summed E-state index contributed by atoms with van der Waals surface area (Å²) < 4.78 is 44.3. The van der Waals surface area contributed by atoms with E-state index in [-0.39, 0.29) is 57.6 Å². The summed E-state index contributed by atoms with van der Waals surface area (Å²) in [5.74, 6) is -17.3. The number of carbonyl (C=O) groups is 9. The van der Waals surface area contributed by atoms with Gasteiger partial charge in [-0.05, 0) is 120 Å². The smallest absolute Gasteiger partial charge is 0.335 e. The number of phenolic OH excluding ortho intramolecular Hbond substituents is 4. The van der Waals surface area contributed by atoms with Crippen LogP contribution in [0.15, 0.2) is 115 Å². The zero-order valence-electron chi connectivity index (χ0n) is 64.5. The van der Waals surface area contributed by atoms with E-state index < -0.39 is 249 Å². The van der Waals surface area contributed by atoms with Gasteiger partial charge < -0.3 is 132 Å². The number of hydrogen-bond acceptors (Lipinski definition) is 26. The molecule has 8 aliphatic rings. The highest BCUT2D eigenvalue weighted by Gasteiger charge is 2.51. The van der Waals surface area contributed by atoms with Crippen molar-refractivity contribution < 1.29 is 132 Å². The molecule has 2 fully saturated rings. The summed E-state index contributed by atoms with van der Waals surface area (Å²) in [6.07, 6.45) is -11.0. The molecule has 0 spiro atoms. The van der Waals surface area contributed by atoms with Gasteiger partial charge in [0.15, 0.2) is 35.1 Å². The lowest BCUT2D eigenvalue weighted by molar-refractivity contribution is -0.241. The number of unbranched alkanes of at least 4 members (excludes halogenated alkanes) is 5. The van der Waals surface area contributed by atoms with E-state index in [1.807, 2.05) is 0 Å². The SMILES string of the molecule is CN[C@H]1C(=O)NC2Cc3ccc(cc3)Oc3cc4cc(c3O[C@@H]3O[C@H](C(=O)O)C(O)[C@H](O)C3NC(=O)CCCCCCCCC(C)C)Oc3ccc(cc3Cl)C[C@@H]3NC(=O)[C@H](NC(=O)C4NC(=O)[C@H](NC2=O)c2cc(cc(O)c2Cl)Oc2cc1ccc2O)c1ccc(O)c(c1)-c1c(OC2O[C@H](CO)C(O)C[C@@H]2O)cc(O)cc1C(C(=O)O)NC3=O. The first-order valence-electron chi connectivity index (χ1n) is 38.7. The summed E-state index contributed by atoms with van der Waals surface area (Å²) in [6, 6.07) is 6.97. The molecule has 8 heterocycles. The molecule has 15 rings (SSSR count). The molecular formula is C83H88Cl2N8O27. The lowest BCUT2D eigenvalue weighted by Crippen LogP contribution is -2.66. The van der Waals surface area contributed by atoms with Crippen molar-refractivity contribution in [3.05, 3.63) is 164 Å². The van der Waals surface area contributed by atoms with Gasteiger partial charge in [-0.1, -0.05) is 106 Å². The number of phenols is 4. The van der Waals surface area contributed by atoms with E-state index >= 15 is 24.0 Å². The Kier molecular flexibility index (Phi) is 26.4. The topological polar surface area (TPSA) is 537 Å². The van der Waals surface area contributed by atoms with Crippen LogP contribution in [0.2, 0.25) is 10.0 Å². The molecule has 7 amide bonds. The van der Waals surface area contributed by atoms with E-state index in [9.17, 15) is 75.3 Å². The van der Waals surface area contributed by atoms with Crippen molar-refractivity contribution in [1.82, 2.24) is 42.5 Å². The van der Waals surface area contributed by atoms with Gasteiger partial charge in [0.25, 0.3) is 0 Å². The first-order chi connectivity index (χ1) is 57.3. The zero-order chi connectivity index (χ0) is 85.8. The third-order valence-electron chi connectivity index (χ3n) is 21.4. The van der Waals surface area contributed by atoms with Gasteiger partial charge in [0.05, 0.1) is 22.8 Å². The van der Waals surface area contributed by atoms with Crippen LogP contribution in [-0.2, 0) is 65.5 Å². The van der Waals surface area contributed by atoms with Crippen molar-refractivity contribution in [2.24, 2.45) is 5.92 Å². The number of aliphatic hydroxyl groups excluding tert-OH is 5. The maximum Gasteiger partial charge on any atom is 0.335 e. The van der Waals surface area contributed by atoms with Crippen LogP contribution >= 0.6 is 23.2 Å². The number of carbonyl (C=O) groups excluding carboxylic acids is 7. The highest BCUT2D eigenvalue weighted by molar-refractivity contribution is 6.33. The molecule has 35 nitrogen and oxygen atoms in total. The van der Waals surface area contributed by atoms with Crippen molar-refractivity contribution >= 4 is 76.5 Å². The van der Waals surface area contributed by atoms with Gasteiger partial charge in [0.1, 0.15) is 107 Å². The Morgan fingerprint density at radius 2 is 1.16 bits per heavy atom. The van der Waals surface area contributed by atoms with Crippen LogP contribution in [0.3, 0.4) is 0 Å². The van der Waals surface area contributed by atoms with E-state index in [0.29, 0.717) is 24.3 Å². The molecule has 2 saturated heterocycles. The molecule has 7 unspecified atom stereocenters. The van der Waals surface area contributed by atoms with Crippen LogP contribution in [0.5, 0.6) is 69.0 Å². The molecule has 0 aromatic heterocycles. The van der Waals surface area contributed by atoms with E-state index in [1.54, 1.807) is 0 Å². The van der Waals surface area contributed by atoms with Crippen molar-refractivity contribution in [3.8, 4) is 80.1 Å². The molecule has 0 saturated carbocycles. The molecule has 636 valence electrons. The monoisotopic (exact) mass is 1700 g/mol. The number of aliphatic hydroxyl groups is 5. The second-order valence-corrected chi connectivity index (χ2v) is 31.2. The molecule has 7 aromatic rings. The maximum absolute atomic E-state index is 16.6. The molecule has 19 N–H and O–H groups in total. The highest BCUT2D eigenvalue weighted by Crippen LogP contribution is 2.50. The second kappa shape index (κ2) is 36.8. The molecule has 8 aliphatic heterocycles. The standard InChI is InChI=1S/C83H88Cl2N8O27/c1-35(2)10-8-6-4-5-7-9-11-61(101)89-69-70(102)71(103)73(81(112)113)120-83(69)119-72-58-27-40-28-59(72)116-55-21-14-37(22-47(55)84)24-49-75(105)93-68(80(110)111)45-29-41(95)30-57(117-82-54(100)33-52(98)60(34-94)118-82)62(45)44-25-38(15-19-50(44)96)65(77(107)88-49)90-78(108)66(40)91-79(109)67-46-31-43(32-53(99)63(46)85)115-56-26-39(16-20-51(56)97)64(86-3)76(106)87-48(74(104)92-67)23-36-12-17-42(114-58)18-13-36/h12-22,25-32,35,48-49,52,54,60,64-71,73,82-83,86,94-100,102-103H,4-11,23-24,33-34H2,1-3H3,(H,87,106)(H,88,107)(H,89,101)(H,90,108)(H,91,109)(H,92,104)(H,93,105)(H,110,111)(H,112,113)/t48?,49-,52?,54-,60+,64+,65+,66?,67+,68?,69?,70+,71?,73-,82?,83+/m0/s1. The minimum Gasteiger partial charge on any atom is -0.508 e.